The number of anilines is 1. The summed E-state index contributed by atoms with van der Waals surface area (Å²) in [6.45, 7) is 0. The second-order valence-corrected chi connectivity index (χ2v) is 8.09. The zero-order valence-electron chi connectivity index (χ0n) is 18.0. The number of nitrogens with zero attached hydrogens (tertiary/aromatic N) is 1. The van der Waals surface area contributed by atoms with Crippen molar-refractivity contribution in [3.63, 3.8) is 0 Å². The summed E-state index contributed by atoms with van der Waals surface area (Å²) in [6.07, 6.45) is -4.60. The second kappa shape index (κ2) is 8.99. The number of aliphatic hydroxyl groups is 1. The van der Waals surface area contributed by atoms with Crippen LogP contribution in [0.15, 0.2) is 72.3 Å². The van der Waals surface area contributed by atoms with Gasteiger partial charge in [-0.1, -0.05) is 23.7 Å². The summed E-state index contributed by atoms with van der Waals surface area (Å²) < 4.78 is 44.4. The van der Waals surface area contributed by atoms with Crippen LogP contribution in [-0.2, 0) is 15.8 Å². The number of ketones is 1. The maximum atomic E-state index is 13.2. The molecule has 0 saturated carbocycles. The Morgan fingerprint density at radius 3 is 2.31 bits per heavy atom. The van der Waals surface area contributed by atoms with Gasteiger partial charge in [0, 0.05) is 10.7 Å². The zero-order chi connectivity index (χ0) is 25.5. The zero-order valence-corrected chi connectivity index (χ0v) is 18.8. The van der Waals surface area contributed by atoms with E-state index in [4.69, 9.17) is 16.3 Å². The van der Waals surface area contributed by atoms with E-state index in [0.717, 1.165) is 29.2 Å². The summed E-state index contributed by atoms with van der Waals surface area (Å²) in [7, 11) is 1.34. The van der Waals surface area contributed by atoms with Crippen LogP contribution in [0.2, 0.25) is 5.02 Å². The summed E-state index contributed by atoms with van der Waals surface area (Å²) in [5.74, 6) is -2.74. The first-order chi connectivity index (χ1) is 16.5. The third-order valence-corrected chi connectivity index (χ3v) is 5.75. The minimum Gasteiger partial charge on any atom is -0.508 e. The molecule has 0 bridgehead atoms. The van der Waals surface area contributed by atoms with E-state index in [1.54, 1.807) is 0 Å². The fraction of sp³-hybridized carbons (Fsp3) is 0.120. The molecule has 1 aliphatic rings. The molecule has 0 spiro atoms. The van der Waals surface area contributed by atoms with Gasteiger partial charge >= 0.3 is 6.18 Å². The predicted octanol–water partition coefficient (Wildman–Crippen LogP) is 5.70. The molecule has 6 nitrogen and oxygen atoms in total. The van der Waals surface area contributed by atoms with E-state index >= 15 is 0 Å². The van der Waals surface area contributed by atoms with Crippen LogP contribution in [-0.4, -0.2) is 29.0 Å². The molecule has 3 aromatic rings. The van der Waals surface area contributed by atoms with Gasteiger partial charge in [-0.05, 0) is 60.2 Å². The van der Waals surface area contributed by atoms with Crippen LogP contribution in [0, 0.1) is 0 Å². The van der Waals surface area contributed by atoms with Crippen molar-refractivity contribution in [2.24, 2.45) is 0 Å². The van der Waals surface area contributed by atoms with Gasteiger partial charge in [0.2, 0.25) is 0 Å². The van der Waals surface area contributed by atoms with Gasteiger partial charge in [0.05, 0.1) is 29.9 Å². The molecular weight excluding hydrogens is 487 g/mol. The van der Waals surface area contributed by atoms with Gasteiger partial charge < -0.3 is 14.9 Å². The van der Waals surface area contributed by atoms with Crippen molar-refractivity contribution >= 4 is 34.7 Å². The molecule has 10 heteroatoms. The van der Waals surface area contributed by atoms with Crippen LogP contribution in [0.5, 0.6) is 11.5 Å². The number of aromatic hydroxyl groups is 1. The lowest BCUT2D eigenvalue weighted by Gasteiger charge is -2.26. The molecule has 1 saturated heterocycles. The van der Waals surface area contributed by atoms with Crippen LogP contribution >= 0.6 is 11.6 Å². The first kappa shape index (κ1) is 24.2. The van der Waals surface area contributed by atoms with Crippen LogP contribution in [0.25, 0.3) is 5.76 Å². The van der Waals surface area contributed by atoms with E-state index in [1.165, 1.54) is 49.6 Å². The van der Waals surface area contributed by atoms with Gasteiger partial charge in [-0.25, -0.2) is 0 Å². The number of halogens is 4. The van der Waals surface area contributed by atoms with Crippen LogP contribution < -0.4 is 9.64 Å². The summed E-state index contributed by atoms with van der Waals surface area (Å²) in [6, 6.07) is 12.4. The lowest BCUT2D eigenvalue weighted by Crippen LogP contribution is -2.29. The van der Waals surface area contributed by atoms with E-state index in [1.807, 2.05) is 0 Å². The Labute approximate surface area is 202 Å². The van der Waals surface area contributed by atoms with Crippen molar-refractivity contribution in [3.05, 3.63) is 94.0 Å². The van der Waals surface area contributed by atoms with Gasteiger partial charge in [0.25, 0.3) is 11.7 Å². The maximum absolute atomic E-state index is 13.2. The highest BCUT2D eigenvalue weighted by Crippen LogP contribution is 2.44. The second-order valence-electron chi connectivity index (χ2n) is 7.65. The number of carbonyl (C=O) groups excluding carboxylic acids is 2. The average Bonchev–Trinajstić information content (AvgIpc) is 3.08. The number of alkyl halides is 3. The van der Waals surface area contributed by atoms with E-state index in [-0.39, 0.29) is 38.9 Å². The molecular formula is C25H17ClF3NO5. The van der Waals surface area contributed by atoms with Crippen molar-refractivity contribution in [1.29, 1.82) is 0 Å². The van der Waals surface area contributed by atoms with E-state index in [2.05, 4.69) is 0 Å². The van der Waals surface area contributed by atoms with Crippen LogP contribution in [0.3, 0.4) is 0 Å². The number of amides is 1. The van der Waals surface area contributed by atoms with Crippen molar-refractivity contribution < 1.29 is 37.7 Å². The van der Waals surface area contributed by atoms with Gasteiger partial charge in [0.15, 0.2) is 0 Å². The molecule has 1 unspecified atom stereocenters. The number of phenolic OH excluding ortho intramolecular Hbond substituents is 1. The Morgan fingerprint density at radius 2 is 1.71 bits per heavy atom. The number of benzene rings is 3. The molecule has 1 atom stereocenters. The molecule has 1 aliphatic heterocycles. The highest BCUT2D eigenvalue weighted by molar-refractivity contribution is 6.51. The number of hydrogen-bond acceptors (Lipinski definition) is 5. The molecule has 1 fully saturated rings. The SMILES string of the molecule is COc1ccc(Cl)cc1/C(O)=C1\C(=O)C(=O)N(c2ccc(C(F)(F)F)cc2)C1c1cccc(O)c1. The molecule has 35 heavy (non-hydrogen) atoms. The minimum atomic E-state index is -4.60. The topological polar surface area (TPSA) is 87.1 Å². The maximum Gasteiger partial charge on any atom is 0.416 e. The van der Waals surface area contributed by atoms with Crippen molar-refractivity contribution in [3.8, 4) is 11.5 Å². The Bertz CT molecular complexity index is 1350. The minimum absolute atomic E-state index is 0.00875. The Balaban J connectivity index is 1.95. The molecule has 0 aromatic heterocycles. The van der Waals surface area contributed by atoms with Crippen molar-refractivity contribution in [1.82, 2.24) is 0 Å². The Kier molecular flexibility index (Phi) is 6.21. The molecule has 1 heterocycles. The standard InChI is InChI=1S/C25H17ClF3NO5/c1-35-19-10-7-15(26)12-18(19)22(32)20-21(13-3-2-4-17(31)11-13)30(24(34)23(20)33)16-8-5-14(6-9-16)25(27,28)29/h2-12,21,31-32H,1H3/b22-20+. The molecule has 2 N–H and O–H groups in total. The third kappa shape index (κ3) is 4.42. The number of ether oxygens (including phenoxy) is 1. The molecule has 180 valence electrons. The molecule has 0 radical (unpaired) electrons. The largest absolute Gasteiger partial charge is 0.508 e. The van der Waals surface area contributed by atoms with Crippen LogP contribution in [0.4, 0.5) is 18.9 Å². The number of Topliss-reactive ketones (excluding diaryl/α,β-unsaturated/α-hetero) is 1. The summed E-state index contributed by atoms with van der Waals surface area (Å²) in [4.78, 5) is 27.2. The fourth-order valence-electron chi connectivity index (χ4n) is 3.93. The van der Waals surface area contributed by atoms with E-state index in [0.29, 0.717) is 0 Å². The van der Waals surface area contributed by atoms with E-state index < -0.39 is 35.2 Å². The van der Waals surface area contributed by atoms with Gasteiger partial charge in [-0.15, -0.1) is 0 Å². The smallest absolute Gasteiger partial charge is 0.416 e. The fourth-order valence-corrected chi connectivity index (χ4v) is 4.10. The number of carbonyl (C=O) groups is 2. The number of methoxy groups -OCH3 is 1. The predicted molar refractivity (Wildman–Crippen MR) is 122 cm³/mol. The third-order valence-electron chi connectivity index (χ3n) is 5.52. The monoisotopic (exact) mass is 503 g/mol. The first-order valence-corrected chi connectivity index (χ1v) is 10.5. The summed E-state index contributed by atoms with van der Waals surface area (Å²) in [5.41, 5.74) is -1.01. The van der Waals surface area contributed by atoms with Crippen LogP contribution in [0.1, 0.15) is 22.7 Å². The normalized spacial score (nSPS) is 17.6. The lowest BCUT2D eigenvalue weighted by atomic mass is 9.94. The lowest BCUT2D eigenvalue weighted by molar-refractivity contribution is -0.137. The van der Waals surface area contributed by atoms with Gasteiger partial charge in [-0.2, -0.15) is 13.2 Å². The Hall–Kier alpha value is -3.98. The van der Waals surface area contributed by atoms with Crippen molar-refractivity contribution in [2.75, 3.05) is 12.0 Å². The highest BCUT2D eigenvalue weighted by Gasteiger charge is 2.47. The van der Waals surface area contributed by atoms with Gasteiger partial charge in [0.1, 0.15) is 17.3 Å². The van der Waals surface area contributed by atoms with Crippen molar-refractivity contribution in [2.45, 2.75) is 12.2 Å². The number of phenols is 1. The summed E-state index contributed by atoms with van der Waals surface area (Å²) in [5, 5.41) is 21.4. The Morgan fingerprint density at radius 1 is 1.03 bits per heavy atom. The first-order valence-electron chi connectivity index (χ1n) is 10.1. The molecule has 4 rings (SSSR count). The average molecular weight is 504 g/mol. The van der Waals surface area contributed by atoms with E-state index in [9.17, 15) is 33.0 Å². The summed E-state index contributed by atoms with van der Waals surface area (Å²) >= 11 is 6.06. The van der Waals surface area contributed by atoms with Gasteiger partial charge in [-0.3, -0.25) is 14.5 Å². The molecule has 0 aliphatic carbocycles. The number of rotatable bonds is 4. The number of hydrogen-bond donors (Lipinski definition) is 2. The quantitative estimate of drug-likeness (QED) is 0.271. The molecule has 3 aromatic carbocycles. The number of aliphatic hydroxyl groups excluding tert-OH is 1. The molecule has 1 amide bonds. The highest BCUT2D eigenvalue weighted by atomic mass is 35.5.